The fourth-order valence-corrected chi connectivity index (χ4v) is 6.52. The zero-order chi connectivity index (χ0) is 29.6. The maximum absolute atomic E-state index is 14.4. The highest BCUT2D eigenvalue weighted by Crippen LogP contribution is 2.35. The van der Waals surface area contributed by atoms with Crippen molar-refractivity contribution >= 4 is 34.2 Å². The van der Waals surface area contributed by atoms with Gasteiger partial charge in [-0.2, -0.15) is 5.10 Å². The van der Waals surface area contributed by atoms with Gasteiger partial charge in [-0.25, -0.2) is 13.8 Å². The first-order chi connectivity index (χ1) is 19.4. The SMILES string of the molecule is C=CC(=O)N1CC(CC(=O)c2c(C(F)F)nc(CCc3[nH]nc4cc(Cl)c(C(C)(C)C)cc34)n2C2CCN(C)C2)C1. The number of imidazole rings is 1. The summed E-state index contributed by atoms with van der Waals surface area (Å²) >= 11 is 6.54. The topological polar surface area (TPSA) is 87.1 Å². The van der Waals surface area contributed by atoms with Crippen LogP contribution >= 0.6 is 11.6 Å². The van der Waals surface area contributed by atoms with Crippen molar-refractivity contribution in [3.8, 4) is 0 Å². The number of amides is 1. The minimum absolute atomic E-state index is 0.0140. The summed E-state index contributed by atoms with van der Waals surface area (Å²) in [7, 11) is 1.99. The standard InChI is InChI=1S/C30H37ClF2N6O2/c1-6-26(41)38-14-17(15-38)11-24(40)28-27(29(32)33)34-25(39(28)18-9-10-37(5)16-18)8-7-22-19-12-20(30(2,3)4)21(31)13-23(19)36-35-22/h6,12-13,17-18,29H,1,7-11,14-16H2,2-5H3,(H,35,36). The van der Waals surface area contributed by atoms with Crippen LogP contribution in [0.2, 0.25) is 5.02 Å². The largest absolute Gasteiger partial charge is 0.338 e. The lowest BCUT2D eigenvalue weighted by molar-refractivity contribution is -0.132. The molecule has 2 aliphatic rings. The second kappa shape index (κ2) is 11.3. The number of ketones is 1. The van der Waals surface area contributed by atoms with Crippen LogP contribution in [0.5, 0.6) is 0 Å². The number of aryl methyl sites for hydroxylation is 2. The second-order valence-corrected chi connectivity index (χ2v) is 12.8. The van der Waals surface area contributed by atoms with Crippen molar-refractivity contribution in [1.29, 1.82) is 0 Å². The van der Waals surface area contributed by atoms with Gasteiger partial charge in [-0.1, -0.05) is 39.0 Å². The van der Waals surface area contributed by atoms with E-state index >= 15 is 0 Å². The molecule has 2 aromatic heterocycles. The summed E-state index contributed by atoms with van der Waals surface area (Å²) < 4.78 is 30.5. The number of H-pyrrole nitrogens is 1. The molecule has 2 saturated heterocycles. The maximum Gasteiger partial charge on any atom is 0.282 e. The highest BCUT2D eigenvalue weighted by molar-refractivity contribution is 6.32. The Labute approximate surface area is 243 Å². The molecule has 0 bridgehead atoms. The van der Waals surface area contributed by atoms with Crippen molar-refractivity contribution in [2.75, 3.05) is 33.2 Å². The monoisotopic (exact) mass is 586 g/mol. The Morgan fingerprint density at radius 3 is 2.56 bits per heavy atom. The Bertz CT molecular complexity index is 1480. The van der Waals surface area contributed by atoms with Crippen LogP contribution in [0, 0.1) is 5.92 Å². The van der Waals surface area contributed by atoms with E-state index in [-0.39, 0.29) is 41.2 Å². The van der Waals surface area contributed by atoms with Gasteiger partial charge in [-0.05, 0) is 55.6 Å². The molecule has 2 fully saturated rings. The molecule has 0 saturated carbocycles. The van der Waals surface area contributed by atoms with Crippen molar-refractivity contribution in [2.24, 2.45) is 5.92 Å². The van der Waals surface area contributed by atoms with E-state index in [0.717, 1.165) is 35.1 Å². The van der Waals surface area contributed by atoms with Crippen molar-refractivity contribution in [1.82, 2.24) is 29.5 Å². The molecule has 1 unspecified atom stereocenters. The molecule has 1 amide bonds. The second-order valence-electron chi connectivity index (χ2n) is 12.4. The number of likely N-dealkylation sites (tertiary alicyclic amines) is 2. The van der Waals surface area contributed by atoms with Crippen molar-refractivity contribution < 1.29 is 18.4 Å². The number of fused-ring (bicyclic) bond motifs is 1. The Morgan fingerprint density at radius 2 is 1.95 bits per heavy atom. The van der Waals surface area contributed by atoms with Crippen molar-refractivity contribution in [3.63, 3.8) is 0 Å². The first-order valence-electron chi connectivity index (χ1n) is 14.1. The third kappa shape index (κ3) is 5.81. The number of hydrogen-bond donors (Lipinski definition) is 1. The highest BCUT2D eigenvalue weighted by atomic mass is 35.5. The number of carbonyl (C=O) groups excluding carboxylic acids is 2. The minimum atomic E-state index is -2.88. The molecule has 2 aliphatic heterocycles. The van der Waals surface area contributed by atoms with Crippen LogP contribution < -0.4 is 0 Å². The van der Waals surface area contributed by atoms with Gasteiger partial charge in [0, 0.05) is 60.5 Å². The Kier molecular flexibility index (Phi) is 8.09. The van der Waals surface area contributed by atoms with Crippen molar-refractivity contribution in [3.05, 3.63) is 58.3 Å². The van der Waals surface area contributed by atoms with Crippen LogP contribution in [-0.2, 0) is 23.1 Å². The molecule has 3 aromatic rings. The van der Waals surface area contributed by atoms with E-state index in [2.05, 4.69) is 47.4 Å². The van der Waals surface area contributed by atoms with E-state index in [1.54, 1.807) is 9.47 Å². The van der Waals surface area contributed by atoms with Gasteiger partial charge in [-0.15, -0.1) is 0 Å². The van der Waals surface area contributed by atoms with Gasteiger partial charge < -0.3 is 14.4 Å². The molecule has 0 radical (unpaired) electrons. The quantitative estimate of drug-likeness (QED) is 0.263. The van der Waals surface area contributed by atoms with Gasteiger partial charge >= 0.3 is 0 Å². The summed E-state index contributed by atoms with van der Waals surface area (Å²) in [6, 6.07) is 3.77. The lowest BCUT2D eigenvalue weighted by Gasteiger charge is -2.38. The lowest BCUT2D eigenvalue weighted by atomic mass is 9.86. The molecular formula is C30H37ClF2N6O2. The minimum Gasteiger partial charge on any atom is -0.338 e. The Hall–Kier alpha value is -3.11. The van der Waals surface area contributed by atoms with Gasteiger partial charge in [0.05, 0.1) is 5.52 Å². The van der Waals surface area contributed by atoms with E-state index in [0.29, 0.717) is 43.3 Å². The van der Waals surface area contributed by atoms with Crippen LogP contribution in [0.4, 0.5) is 8.78 Å². The number of aromatic amines is 1. The first kappa shape index (κ1) is 29.4. The Balaban J connectivity index is 1.46. The fourth-order valence-electron chi connectivity index (χ4n) is 6.07. The molecule has 4 heterocycles. The van der Waals surface area contributed by atoms with Gasteiger partial charge in [0.15, 0.2) is 5.78 Å². The summed E-state index contributed by atoms with van der Waals surface area (Å²) in [4.78, 5) is 33.6. The van der Waals surface area contributed by atoms with Gasteiger partial charge in [0.2, 0.25) is 5.91 Å². The molecule has 1 atom stereocenters. The molecule has 220 valence electrons. The smallest absolute Gasteiger partial charge is 0.282 e. The number of nitrogens with one attached hydrogen (secondary N) is 1. The van der Waals surface area contributed by atoms with E-state index in [4.69, 9.17) is 11.6 Å². The lowest BCUT2D eigenvalue weighted by Crippen LogP contribution is -2.50. The number of Topliss-reactive ketones (excluding diaryl/α,β-unsaturated/α-hetero) is 1. The van der Waals surface area contributed by atoms with Crippen LogP contribution in [0.15, 0.2) is 24.8 Å². The van der Waals surface area contributed by atoms with Gasteiger partial charge in [-0.3, -0.25) is 14.7 Å². The molecular weight excluding hydrogens is 550 g/mol. The molecule has 0 spiro atoms. The number of rotatable bonds is 9. The van der Waals surface area contributed by atoms with Crippen LogP contribution in [0.3, 0.4) is 0 Å². The number of likely N-dealkylation sites (N-methyl/N-ethyl adjacent to an activating group) is 1. The number of hydrogen-bond acceptors (Lipinski definition) is 5. The predicted octanol–water partition coefficient (Wildman–Crippen LogP) is 5.53. The van der Waals surface area contributed by atoms with Gasteiger partial charge in [0.1, 0.15) is 17.2 Å². The Morgan fingerprint density at radius 1 is 1.22 bits per heavy atom. The van der Waals surface area contributed by atoms with Crippen molar-refractivity contribution in [2.45, 2.75) is 64.3 Å². The zero-order valence-electron chi connectivity index (χ0n) is 24.0. The summed E-state index contributed by atoms with van der Waals surface area (Å²) in [5.41, 5.74) is 2.01. The summed E-state index contributed by atoms with van der Waals surface area (Å²) in [6.45, 7) is 12.1. The molecule has 1 N–H and O–H groups in total. The number of nitrogens with zero attached hydrogens (tertiary/aromatic N) is 5. The fraction of sp³-hybridized carbons (Fsp3) is 0.533. The van der Waals surface area contributed by atoms with E-state index in [1.165, 1.54) is 6.08 Å². The van der Waals surface area contributed by atoms with E-state index in [1.807, 2.05) is 19.2 Å². The normalized spacial score (nSPS) is 18.4. The molecule has 41 heavy (non-hydrogen) atoms. The number of carbonyl (C=O) groups is 2. The molecule has 5 rings (SSSR count). The first-order valence-corrected chi connectivity index (χ1v) is 14.4. The zero-order valence-corrected chi connectivity index (χ0v) is 24.8. The van der Waals surface area contributed by atoms with E-state index < -0.39 is 12.1 Å². The third-order valence-corrected chi connectivity index (χ3v) is 8.57. The molecule has 0 aliphatic carbocycles. The number of halogens is 3. The van der Waals surface area contributed by atoms with Crippen LogP contribution in [-0.4, -0.2) is 74.5 Å². The number of aromatic nitrogens is 4. The van der Waals surface area contributed by atoms with Gasteiger partial charge in [0.25, 0.3) is 6.43 Å². The highest BCUT2D eigenvalue weighted by Gasteiger charge is 2.37. The third-order valence-electron chi connectivity index (χ3n) is 8.26. The summed E-state index contributed by atoms with van der Waals surface area (Å²) in [5, 5.41) is 9.12. The maximum atomic E-state index is 14.4. The molecule has 11 heteroatoms. The number of benzene rings is 1. The van der Waals surface area contributed by atoms with Crippen LogP contribution in [0.1, 0.15) is 79.3 Å². The van der Waals surface area contributed by atoms with E-state index in [9.17, 15) is 18.4 Å². The molecule has 1 aromatic carbocycles. The molecule has 8 nitrogen and oxygen atoms in total. The average Bonchev–Trinajstić information content (AvgIpc) is 3.59. The number of alkyl halides is 2. The van der Waals surface area contributed by atoms with Crippen LogP contribution in [0.25, 0.3) is 10.9 Å². The predicted molar refractivity (Wildman–Crippen MR) is 155 cm³/mol. The summed E-state index contributed by atoms with van der Waals surface area (Å²) in [6.07, 6.45) is 0.0518. The average molecular weight is 587 g/mol. The summed E-state index contributed by atoms with van der Waals surface area (Å²) in [5.74, 6) is -0.129.